The van der Waals surface area contributed by atoms with Gasteiger partial charge in [-0.05, 0) is 52.4 Å². The van der Waals surface area contributed by atoms with Crippen molar-refractivity contribution in [3.8, 4) is 11.8 Å². The first kappa shape index (κ1) is 12.6. The molecule has 5 heteroatoms. The summed E-state index contributed by atoms with van der Waals surface area (Å²) in [6, 6.07) is 9.19. The van der Waals surface area contributed by atoms with Gasteiger partial charge in [-0.25, -0.2) is 0 Å². The molecule has 2 rings (SSSR count). The number of rotatable bonds is 3. The molecule has 0 atom stereocenters. The van der Waals surface area contributed by atoms with Gasteiger partial charge in [-0.3, -0.25) is 4.98 Å². The van der Waals surface area contributed by atoms with Crippen LogP contribution < -0.4 is 10.5 Å². The summed E-state index contributed by atoms with van der Waals surface area (Å²) in [6.07, 6.45) is 3.43. The Morgan fingerprint density at radius 2 is 2.06 bits per heavy atom. The fraction of sp³-hybridized carbons (Fsp3) is 0.0769. The van der Waals surface area contributed by atoms with E-state index >= 15 is 0 Å². The predicted molar refractivity (Wildman–Crippen MR) is 76.9 cm³/mol. The summed E-state index contributed by atoms with van der Waals surface area (Å²) in [5.41, 5.74) is 7.90. The molecule has 18 heavy (non-hydrogen) atoms. The zero-order chi connectivity index (χ0) is 13.0. The molecule has 0 aliphatic heterocycles. The van der Waals surface area contributed by atoms with Gasteiger partial charge in [0.15, 0.2) is 5.75 Å². The molecule has 90 valence electrons. The third kappa shape index (κ3) is 2.90. The van der Waals surface area contributed by atoms with Crippen molar-refractivity contribution < 1.29 is 4.74 Å². The highest BCUT2D eigenvalue weighted by molar-refractivity contribution is 14.1. The average Bonchev–Trinajstić information content (AvgIpc) is 2.38. The van der Waals surface area contributed by atoms with Crippen LogP contribution in [0.15, 0.2) is 36.7 Å². The number of ether oxygens (including phenoxy) is 1. The van der Waals surface area contributed by atoms with Crippen molar-refractivity contribution in [1.82, 2.24) is 4.98 Å². The van der Waals surface area contributed by atoms with Crippen molar-refractivity contribution in [3.05, 3.63) is 51.4 Å². The van der Waals surface area contributed by atoms with Crippen LogP contribution in [0, 0.1) is 14.9 Å². The first-order chi connectivity index (χ1) is 8.70. The smallest absolute Gasteiger partial charge is 0.156 e. The standard InChI is InChI=1S/C13H10IN3O/c14-11-5-10(7-15)6-12(16)13(11)18-8-9-1-3-17-4-2-9/h1-6H,8,16H2. The van der Waals surface area contributed by atoms with Gasteiger partial charge in [0.05, 0.1) is 20.9 Å². The number of pyridine rings is 1. The number of nitrogen functional groups attached to an aromatic ring is 1. The van der Waals surface area contributed by atoms with Gasteiger partial charge in [-0.1, -0.05) is 0 Å². The fourth-order valence-corrected chi connectivity index (χ4v) is 2.27. The number of nitrogens with zero attached hydrogens (tertiary/aromatic N) is 2. The second-order valence-electron chi connectivity index (χ2n) is 3.63. The van der Waals surface area contributed by atoms with E-state index in [0.717, 1.165) is 9.13 Å². The lowest BCUT2D eigenvalue weighted by Gasteiger charge is -2.11. The minimum atomic E-state index is 0.425. The topological polar surface area (TPSA) is 71.9 Å². The quantitative estimate of drug-likeness (QED) is 0.682. The summed E-state index contributed by atoms with van der Waals surface area (Å²) in [4.78, 5) is 3.94. The Morgan fingerprint density at radius 1 is 1.33 bits per heavy atom. The van der Waals surface area contributed by atoms with E-state index < -0.39 is 0 Å². The maximum atomic E-state index is 8.83. The van der Waals surface area contributed by atoms with Crippen LogP contribution in [0.5, 0.6) is 5.75 Å². The van der Waals surface area contributed by atoms with E-state index in [4.69, 9.17) is 15.7 Å². The van der Waals surface area contributed by atoms with Crippen LogP contribution in [0.4, 0.5) is 5.69 Å². The van der Waals surface area contributed by atoms with E-state index in [1.54, 1.807) is 24.5 Å². The van der Waals surface area contributed by atoms with E-state index in [1.165, 1.54) is 0 Å². The van der Waals surface area contributed by atoms with E-state index in [9.17, 15) is 0 Å². The molecule has 0 saturated heterocycles. The van der Waals surface area contributed by atoms with Crippen LogP contribution in [0.1, 0.15) is 11.1 Å². The molecular formula is C13H10IN3O. The lowest BCUT2D eigenvalue weighted by atomic mass is 10.2. The number of benzene rings is 1. The molecule has 0 unspecified atom stereocenters. The van der Waals surface area contributed by atoms with Gasteiger partial charge >= 0.3 is 0 Å². The second-order valence-corrected chi connectivity index (χ2v) is 4.79. The molecule has 4 nitrogen and oxygen atoms in total. The molecule has 0 saturated carbocycles. The van der Waals surface area contributed by atoms with Gasteiger partial charge in [0.2, 0.25) is 0 Å². The highest BCUT2D eigenvalue weighted by Gasteiger charge is 2.08. The Bertz CT molecular complexity index is 570. The van der Waals surface area contributed by atoms with Crippen LogP contribution >= 0.6 is 22.6 Å². The second kappa shape index (κ2) is 5.69. The Hall–Kier alpha value is -1.81. The van der Waals surface area contributed by atoms with Gasteiger partial charge in [0.25, 0.3) is 0 Å². The van der Waals surface area contributed by atoms with Crippen LogP contribution in [0.25, 0.3) is 0 Å². The molecule has 0 bridgehead atoms. The summed E-state index contributed by atoms with van der Waals surface area (Å²) in [5.74, 6) is 0.617. The average molecular weight is 351 g/mol. The number of nitrogens with two attached hydrogens (primary N) is 1. The van der Waals surface area contributed by atoms with E-state index in [0.29, 0.717) is 23.6 Å². The van der Waals surface area contributed by atoms with Crippen molar-refractivity contribution in [2.24, 2.45) is 0 Å². The number of hydrogen-bond donors (Lipinski definition) is 1. The number of hydrogen-bond acceptors (Lipinski definition) is 4. The maximum Gasteiger partial charge on any atom is 0.156 e. The van der Waals surface area contributed by atoms with Crippen molar-refractivity contribution in [1.29, 1.82) is 5.26 Å². The molecule has 2 aromatic rings. The summed E-state index contributed by atoms with van der Waals surface area (Å²) >= 11 is 2.11. The molecule has 0 aliphatic rings. The molecule has 0 fully saturated rings. The minimum Gasteiger partial charge on any atom is -0.486 e. The SMILES string of the molecule is N#Cc1cc(N)c(OCc2ccncc2)c(I)c1. The number of anilines is 1. The van der Waals surface area contributed by atoms with Gasteiger partial charge in [-0.2, -0.15) is 5.26 Å². The van der Waals surface area contributed by atoms with Crippen molar-refractivity contribution in [2.45, 2.75) is 6.61 Å². The molecule has 0 aliphatic carbocycles. The van der Waals surface area contributed by atoms with Crippen molar-refractivity contribution in [3.63, 3.8) is 0 Å². The first-order valence-corrected chi connectivity index (χ1v) is 6.29. The van der Waals surface area contributed by atoms with Crippen LogP contribution in [0.2, 0.25) is 0 Å². The Balaban J connectivity index is 2.18. The molecule has 1 aromatic carbocycles. The third-order valence-corrected chi connectivity index (χ3v) is 3.14. The van der Waals surface area contributed by atoms with Crippen LogP contribution in [-0.2, 0) is 6.61 Å². The summed E-state index contributed by atoms with van der Waals surface area (Å²) < 4.78 is 6.52. The highest BCUT2D eigenvalue weighted by atomic mass is 127. The molecule has 1 aromatic heterocycles. The van der Waals surface area contributed by atoms with Gasteiger partial charge in [-0.15, -0.1) is 0 Å². The largest absolute Gasteiger partial charge is 0.486 e. The Labute approximate surface area is 119 Å². The molecule has 0 amide bonds. The lowest BCUT2D eigenvalue weighted by molar-refractivity contribution is 0.305. The normalized spacial score (nSPS) is 9.78. The molecule has 2 N–H and O–H groups in total. The molecule has 0 radical (unpaired) electrons. The number of aromatic nitrogens is 1. The fourth-order valence-electron chi connectivity index (χ4n) is 1.47. The summed E-state index contributed by atoms with van der Waals surface area (Å²) in [6.45, 7) is 0.425. The lowest BCUT2D eigenvalue weighted by Crippen LogP contribution is -2.01. The van der Waals surface area contributed by atoms with Gasteiger partial charge in [0.1, 0.15) is 6.61 Å². The zero-order valence-electron chi connectivity index (χ0n) is 9.43. The van der Waals surface area contributed by atoms with Crippen LogP contribution in [-0.4, -0.2) is 4.98 Å². The first-order valence-electron chi connectivity index (χ1n) is 5.21. The minimum absolute atomic E-state index is 0.425. The molecule has 1 heterocycles. The number of halogens is 1. The van der Waals surface area contributed by atoms with Gasteiger partial charge < -0.3 is 10.5 Å². The third-order valence-electron chi connectivity index (χ3n) is 2.33. The van der Waals surface area contributed by atoms with Crippen LogP contribution in [0.3, 0.4) is 0 Å². The number of nitriles is 1. The molecular weight excluding hydrogens is 341 g/mol. The van der Waals surface area contributed by atoms with Crippen molar-refractivity contribution >= 4 is 28.3 Å². The summed E-state index contributed by atoms with van der Waals surface area (Å²) in [7, 11) is 0. The summed E-state index contributed by atoms with van der Waals surface area (Å²) in [5, 5.41) is 8.83. The van der Waals surface area contributed by atoms with E-state index in [2.05, 4.69) is 33.6 Å². The molecule has 0 spiro atoms. The zero-order valence-corrected chi connectivity index (χ0v) is 11.6. The van der Waals surface area contributed by atoms with Crippen molar-refractivity contribution in [2.75, 3.05) is 5.73 Å². The predicted octanol–water partition coefficient (Wildman–Crippen LogP) is 2.72. The highest BCUT2D eigenvalue weighted by Crippen LogP contribution is 2.30. The van der Waals surface area contributed by atoms with E-state index in [1.807, 2.05) is 12.1 Å². The Morgan fingerprint density at radius 3 is 2.67 bits per heavy atom. The Kier molecular flexibility index (Phi) is 3.99. The van der Waals surface area contributed by atoms with E-state index in [-0.39, 0.29) is 0 Å². The maximum absolute atomic E-state index is 8.83. The van der Waals surface area contributed by atoms with Gasteiger partial charge in [0, 0.05) is 12.4 Å². The monoisotopic (exact) mass is 351 g/mol.